The predicted molar refractivity (Wildman–Crippen MR) is 105 cm³/mol. The molecule has 148 valence electrons. The first-order valence-electron chi connectivity index (χ1n) is 9.47. The minimum absolute atomic E-state index is 0.0897. The Morgan fingerprint density at radius 2 is 1.93 bits per heavy atom. The Morgan fingerprint density at radius 3 is 2.61 bits per heavy atom. The Bertz CT molecular complexity index is 851. The van der Waals surface area contributed by atoms with E-state index in [0.29, 0.717) is 19.8 Å². The maximum absolute atomic E-state index is 14.2. The van der Waals surface area contributed by atoms with Crippen molar-refractivity contribution in [2.45, 2.75) is 33.4 Å². The Hall–Kier alpha value is -2.73. The van der Waals surface area contributed by atoms with Crippen LogP contribution in [0.25, 0.3) is 0 Å². The fourth-order valence-corrected chi connectivity index (χ4v) is 3.25. The molecule has 6 heteroatoms. The monoisotopic (exact) mass is 384 g/mol. The summed E-state index contributed by atoms with van der Waals surface area (Å²) in [5, 5.41) is 2.88. The van der Waals surface area contributed by atoms with Crippen molar-refractivity contribution in [3.63, 3.8) is 0 Å². The molecule has 2 aromatic rings. The second kappa shape index (κ2) is 8.97. The average molecular weight is 384 g/mol. The van der Waals surface area contributed by atoms with E-state index >= 15 is 0 Å². The van der Waals surface area contributed by atoms with Crippen LogP contribution in [-0.2, 0) is 27.5 Å². The van der Waals surface area contributed by atoms with Crippen molar-refractivity contribution in [3.8, 4) is 0 Å². The third kappa shape index (κ3) is 4.75. The molecule has 0 spiro atoms. The smallest absolute Gasteiger partial charge is 0.227 e. The molecule has 1 fully saturated rings. The summed E-state index contributed by atoms with van der Waals surface area (Å²) in [6.45, 7) is 5.56. The van der Waals surface area contributed by atoms with Gasteiger partial charge in [-0.1, -0.05) is 30.3 Å². The summed E-state index contributed by atoms with van der Waals surface area (Å²) in [5.41, 5.74) is 3.07. The van der Waals surface area contributed by atoms with E-state index < -0.39 is 11.7 Å². The van der Waals surface area contributed by atoms with Gasteiger partial charge in [0.05, 0.1) is 18.2 Å². The molecule has 1 aliphatic rings. The third-order valence-corrected chi connectivity index (χ3v) is 4.85. The SMILES string of the molecule is CCOCc1ccc(CNC(=O)C2CC(=O)N(c3ccc(C)cc3F)C2)cc1. The summed E-state index contributed by atoms with van der Waals surface area (Å²) >= 11 is 0. The molecule has 1 saturated heterocycles. The van der Waals surface area contributed by atoms with Gasteiger partial charge in [0.1, 0.15) is 5.82 Å². The van der Waals surface area contributed by atoms with Gasteiger partial charge < -0.3 is 15.0 Å². The lowest BCUT2D eigenvalue weighted by atomic mass is 10.1. The van der Waals surface area contributed by atoms with Crippen molar-refractivity contribution in [1.82, 2.24) is 5.32 Å². The first-order valence-corrected chi connectivity index (χ1v) is 9.47. The second-order valence-corrected chi connectivity index (χ2v) is 7.03. The van der Waals surface area contributed by atoms with Gasteiger partial charge in [-0.25, -0.2) is 4.39 Å². The van der Waals surface area contributed by atoms with Gasteiger partial charge in [0.25, 0.3) is 0 Å². The summed E-state index contributed by atoms with van der Waals surface area (Å²) in [6, 6.07) is 12.6. The van der Waals surface area contributed by atoms with E-state index in [1.165, 1.54) is 11.0 Å². The number of carbonyl (C=O) groups excluding carboxylic acids is 2. The highest BCUT2D eigenvalue weighted by molar-refractivity contribution is 6.00. The van der Waals surface area contributed by atoms with Crippen LogP contribution in [0.4, 0.5) is 10.1 Å². The summed E-state index contributed by atoms with van der Waals surface area (Å²) in [4.78, 5) is 26.1. The number of carbonyl (C=O) groups is 2. The molecule has 1 atom stereocenters. The maximum atomic E-state index is 14.2. The van der Waals surface area contributed by atoms with Crippen LogP contribution in [0, 0.1) is 18.7 Å². The number of hydrogen-bond donors (Lipinski definition) is 1. The molecular weight excluding hydrogens is 359 g/mol. The zero-order valence-corrected chi connectivity index (χ0v) is 16.2. The van der Waals surface area contributed by atoms with Crippen molar-refractivity contribution in [1.29, 1.82) is 0 Å². The van der Waals surface area contributed by atoms with E-state index in [1.54, 1.807) is 19.1 Å². The number of nitrogens with one attached hydrogen (secondary N) is 1. The van der Waals surface area contributed by atoms with Gasteiger partial charge in [-0.3, -0.25) is 9.59 Å². The minimum atomic E-state index is -0.481. The molecule has 1 unspecified atom stereocenters. The third-order valence-electron chi connectivity index (χ3n) is 4.85. The van der Waals surface area contributed by atoms with E-state index in [9.17, 15) is 14.0 Å². The number of amides is 2. The number of benzene rings is 2. The van der Waals surface area contributed by atoms with Crippen molar-refractivity contribution in [3.05, 3.63) is 65.0 Å². The first-order chi connectivity index (χ1) is 13.5. The molecule has 28 heavy (non-hydrogen) atoms. The normalized spacial score (nSPS) is 16.5. The Balaban J connectivity index is 1.56. The van der Waals surface area contributed by atoms with Gasteiger partial charge in [0.15, 0.2) is 0 Å². The minimum Gasteiger partial charge on any atom is -0.377 e. The predicted octanol–water partition coefficient (Wildman–Crippen LogP) is 3.34. The van der Waals surface area contributed by atoms with Gasteiger partial charge >= 0.3 is 0 Å². The number of ether oxygens (including phenoxy) is 1. The quantitative estimate of drug-likeness (QED) is 0.797. The molecule has 3 rings (SSSR count). The largest absolute Gasteiger partial charge is 0.377 e. The highest BCUT2D eigenvalue weighted by atomic mass is 19.1. The number of nitrogens with zero attached hydrogens (tertiary/aromatic N) is 1. The van der Waals surface area contributed by atoms with Crippen LogP contribution in [0.3, 0.4) is 0 Å². The fourth-order valence-electron chi connectivity index (χ4n) is 3.25. The van der Waals surface area contributed by atoms with Gasteiger partial charge in [0, 0.05) is 26.1 Å². The molecule has 5 nitrogen and oxygen atoms in total. The Labute approximate surface area is 164 Å². The molecule has 0 aliphatic carbocycles. The number of halogens is 1. The summed E-state index contributed by atoms with van der Waals surface area (Å²) in [7, 11) is 0. The van der Waals surface area contributed by atoms with Gasteiger partial charge in [-0.15, -0.1) is 0 Å². The van der Waals surface area contributed by atoms with E-state index in [0.717, 1.165) is 16.7 Å². The molecule has 2 amide bonds. The number of anilines is 1. The standard InChI is InChI=1S/C22H25FN2O3/c1-3-28-14-17-7-5-16(6-8-17)12-24-22(27)18-11-21(26)25(13-18)20-9-4-15(2)10-19(20)23/h4-10,18H,3,11-14H2,1-2H3,(H,24,27). The molecule has 2 aromatic carbocycles. The van der Waals surface area contributed by atoms with Gasteiger partial charge in [-0.05, 0) is 42.7 Å². The van der Waals surface area contributed by atoms with E-state index in [-0.39, 0.29) is 30.5 Å². The van der Waals surface area contributed by atoms with E-state index in [4.69, 9.17) is 4.74 Å². The lowest BCUT2D eigenvalue weighted by Crippen LogP contribution is -2.32. The Morgan fingerprint density at radius 1 is 1.21 bits per heavy atom. The lowest BCUT2D eigenvalue weighted by molar-refractivity contribution is -0.126. The number of aryl methyl sites for hydroxylation is 1. The molecule has 1 aliphatic heterocycles. The molecule has 0 saturated carbocycles. The molecule has 0 aromatic heterocycles. The van der Waals surface area contributed by atoms with Crippen LogP contribution in [0.15, 0.2) is 42.5 Å². The van der Waals surface area contributed by atoms with Crippen molar-refractivity contribution < 1.29 is 18.7 Å². The van der Waals surface area contributed by atoms with Crippen LogP contribution < -0.4 is 10.2 Å². The van der Waals surface area contributed by atoms with Gasteiger partial charge in [-0.2, -0.15) is 0 Å². The maximum Gasteiger partial charge on any atom is 0.227 e. The van der Waals surface area contributed by atoms with Gasteiger partial charge in [0.2, 0.25) is 11.8 Å². The second-order valence-electron chi connectivity index (χ2n) is 7.03. The van der Waals surface area contributed by atoms with E-state index in [2.05, 4.69) is 5.32 Å². The molecule has 1 N–H and O–H groups in total. The zero-order chi connectivity index (χ0) is 20.1. The Kier molecular flexibility index (Phi) is 6.41. The lowest BCUT2D eigenvalue weighted by Gasteiger charge is -2.18. The molecular formula is C22H25FN2O3. The van der Waals surface area contributed by atoms with Crippen LogP contribution in [-0.4, -0.2) is 25.0 Å². The highest BCUT2D eigenvalue weighted by Crippen LogP contribution is 2.28. The van der Waals surface area contributed by atoms with Crippen LogP contribution in [0.1, 0.15) is 30.0 Å². The molecule has 0 bridgehead atoms. The first kappa shape index (κ1) is 20.0. The van der Waals surface area contributed by atoms with Crippen molar-refractivity contribution in [2.75, 3.05) is 18.1 Å². The molecule has 0 radical (unpaired) electrons. The summed E-state index contributed by atoms with van der Waals surface area (Å²) < 4.78 is 19.5. The van der Waals surface area contributed by atoms with Crippen LogP contribution >= 0.6 is 0 Å². The number of rotatable bonds is 7. The highest BCUT2D eigenvalue weighted by Gasteiger charge is 2.36. The van der Waals surface area contributed by atoms with Crippen LogP contribution in [0.5, 0.6) is 0 Å². The summed E-state index contributed by atoms with van der Waals surface area (Å²) in [6.07, 6.45) is 0.0897. The van der Waals surface area contributed by atoms with Crippen LogP contribution in [0.2, 0.25) is 0 Å². The fraction of sp³-hybridized carbons (Fsp3) is 0.364. The summed E-state index contributed by atoms with van der Waals surface area (Å²) in [5.74, 6) is -1.35. The molecule has 1 heterocycles. The van der Waals surface area contributed by atoms with Crippen molar-refractivity contribution in [2.24, 2.45) is 5.92 Å². The number of hydrogen-bond acceptors (Lipinski definition) is 3. The zero-order valence-electron chi connectivity index (χ0n) is 16.2. The van der Waals surface area contributed by atoms with E-state index in [1.807, 2.05) is 31.2 Å². The average Bonchev–Trinajstić information content (AvgIpc) is 3.07. The van der Waals surface area contributed by atoms with Crippen molar-refractivity contribution >= 4 is 17.5 Å². The topological polar surface area (TPSA) is 58.6 Å².